The highest BCUT2D eigenvalue weighted by Gasteiger charge is 2.54. The molecule has 0 unspecified atom stereocenters. The Morgan fingerprint density at radius 2 is 1.79 bits per heavy atom. The van der Waals surface area contributed by atoms with Gasteiger partial charge in [0.15, 0.2) is 11.6 Å². The Hall–Kier alpha value is -4.88. The van der Waals surface area contributed by atoms with E-state index in [9.17, 15) is 23.5 Å². The molecule has 0 spiro atoms. The van der Waals surface area contributed by atoms with Gasteiger partial charge in [-0.2, -0.15) is 13.2 Å². The molecule has 248 valence electrons. The number of aliphatic hydroxyl groups excluding tert-OH is 1. The number of benzene rings is 4. The van der Waals surface area contributed by atoms with E-state index in [0.717, 1.165) is 22.2 Å². The molecule has 48 heavy (non-hydrogen) atoms. The lowest BCUT2D eigenvalue weighted by Crippen LogP contribution is -2.53. The number of amides is 1. The molecule has 1 heterocycles. The van der Waals surface area contributed by atoms with Crippen LogP contribution in [-0.4, -0.2) is 35.7 Å². The van der Waals surface area contributed by atoms with Gasteiger partial charge in [-0.3, -0.25) is 10.2 Å². The highest BCUT2D eigenvalue weighted by atomic mass is 79.9. The lowest BCUT2D eigenvalue weighted by molar-refractivity contribution is -0.137. The molecular formula is C34H30BrF3N6O4. The van der Waals surface area contributed by atoms with Gasteiger partial charge in [-0.15, -0.1) is 0 Å². The summed E-state index contributed by atoms with van der Waals surface area (Å²) in [5.41, 5.74) is 14.5. The van der Waals surface area contributed by atoms with Gasteiger partial charge < -0.3 is 14.6 Å². The molecule has 2 atom stereocenters. The van der Waals surface area contributed by atoms with Gasteiger partial charge in [0.1, 0.15) is 5.75 Å². The van der Waals surface area contributed by atoms with Crippen molar-refractivity contribution in [3.63, 3.8) is 0 Å². The first kappa shape index (κ1) is 34.5. The summed E-state index contributed by atoms with van der Waals surface area (Å²) >= 11 is 3.43. The number of halogens is 4. The Kier molecular flexibility index (Phi) is 11.0. The second-order valence-electron chi connectivity index (χ2n) is 10.8. The number of hydrazine groups is 1. The monoisotopic (exact) mass is 722 g/mol. The Bertz CT molecular complexity index is 1820. The minimum Gasteiger partial charge on any atom is -0.494 e. The molecule has 1 aliphatic rings. The summed E-state index contributed by atoms with van der Waals surface area (Å²) in [6.45, 7) is 0.216. The smallest absolute Gasteiger partial charge is 0.416 e. The van der Waals surface area contributed by atoms with E-state index >= 15 is 0 Å². The number of aliphatic imine (C=N–C) groups is 1. The van der Waals surface area contributed by atoms with Crippen LogP contribution in [0.15, 0.2) is 112 Å². The van der Waals surface area contributed by atoms with E-state index < -0.39 is 29.3 Å². The first-order valence-electron chi connectivity index (χ1n) is 14.8. The molecule has 0 bridgehead atoms. The molecule has 0 aromatic heterocycles. The van der Waals surface area contributed by atoms with Crippen molar-refractivity contribution in [3.8, 4) is 5.75 Å². The lowest BCUT2D eigenvalue weighted by atomic mass is 9.81. The molecule has 0 radical (unpaired) electrons. The summed E-state index contributed by atoms with van der Waals surface area (Å²) in [4.78, 5) is 22.3. The molecule has 1 amide bonds. The molecule has 10 nitrogen and oxygen atoms in total. The number of carbonyl (C=O) groups excluding carboxylic acids is 1. The van der Waals surface area contributed by atoms with Crippen LogP contribution in [0.2, 0.25) is 0 Å². The number of nitrogens with zero attached hydrogens (tertiary/aromatic N) is 4. The number of rotatable bonds is 13. The largest absolute Gasteiger partial charge is 0.494 e. The van der Waals surface area contributed by atoms with Crippen molar-refractivity contribution in [3.05, 3.63) is 140 Å². The van der Waals surface area contributed by atoms with Crippen LogP contribution in [-0.2, 0) is 28.7 Å². The highest BCUT2D eigenvalue weighted by Crippen LogP contribution is 2.45. The first-order chi connectivity index (χ1) is 23.1. The minimum atomic E-state index is -4.52. The predicted molar refractivity (Wildman–Crippen MR) is 176 cm³/mol. The second-order valence-corrected chi connectivity index (χ2v) is 11.8. The summed E-state index contributed by atoms with van der Waals surface area (Å²) in [5, 5.41) is 12.9. The van der Waals surface area contributed by atoms with Crippen molar-refractivity contribution in [1.82, 2.24) is 10.9 Å². The fourth-order valence-corrected chi connectivity index (χ4v) is 5.48. The van der Waals surface area contributed by atoms with Crippen LogP contribution >= 0.6 is 15.9 Å². The fraction of sp³-hybridized carbons (Fsp3) is 0.235. The fourth-order valence-electron chi connectivity index (χ4n) is 5.21. The number of carbonyl (C=O) groups is 1. The Labute approximate surface area is 282 Å². The zero-order valence-electron chi connectivity index (χ0n) is 25.3. The van der Waals surface area contributed by atoms with Crippen molar-refractivity contribution in [2.24, 2.45) is 10.1 Å². The van der Waals surface area contributed by atoms with E-state index in [2.05, 4.69) is 36.8 Å². The molecule has 0 fully saturated rings. The van der Waals surface area contributed by atoms with Crippen molar-refractivity contribution < 1.29 is 32.5 Å². The molecule has 1 aliphatic heterocycles. The van der Waals surface area contributed by atoms with Crippen LogP contribution < -0.4 is 15.6 Å². The van der Waals surface area contributed by atoms with Crippen LogP contribution in [0.25, 0.3) is 10.4 Å². The molecular weight excluding hydrogens is 693 g/mol. The predicted octanol–water partition coefficient (Wildman–Crippen LogP) is 7.49. The Morgan fingerprint density at radius 1 is 1.04 bits per heavy atom. The zero-order valence-corrected chi connectivity index (χ0v) is 26.9. The Balaban J connectivity index is 1.54. The van der Waals surface area contributed by atoms with Crippen LogP contribution in [0, 0.1) is 0 Å². The molecule has 0 aliphatic carbocycles. The van der Waals surface area contributed by atoms with E-state index in [-0.39, 0.29) is 31.2 Å². The van der Waals surface area contributed by atoms with Gasteiger partial charge in [-0.05, 0) is 59.1 Å². The van der Waals surface area contributed by atoms with Crippen LogP contribution in [0.3, 0.4) is 0 Å². The molecule has 5 rings (SSSR count). The number of alkyl halides is 3. The van der Waals surface area contributed by atoms with Crippen molar-refractivity contribution in [2.45, 2.75) is 37.2 Å². The molecule has 0 saturated heterocycles. The van der Waals surface area contributed by atoms with Crippen molar-refractivity contribution >= 4 is 33.4 Å². The average Bonchev–Trinajstić information content (AvgIpc) is 3.46. The third kappa shape index (κ3) is 8.15. The molecule has 4 aromatic rings. The lowest BCUT2D eigenvalue weighted by Gasteiger charge is -2.31. The number of ether oxygens (including phenoxy) is 2. The maximum Gasteiger partial charge on any atom is 0.416 e. The van der Waals surface area contributed by atoms with Crippen molar-refractivity contribution in [2.75, 3.05) is 13.2 Å². The number of aliphatic hydroxyl groups is 1. The number of nitrogens with one attached hydrogen (secondary N) is 2. The maximum absolute atomic E-state index is 14.4. The van der Waals surface area contributed by atoms with Crippen LogP contribution in [0.4, 0.5) is 18.9 Å². The van der Waals surface area contributed by atoms with Gasteiger partial charge in [-0.25, -0.2) is 10.4 Å². The highest BCUT2D eigenvalue weighted by molar-refractivity contribution is 9.10. The summed E-state index contributed by atoms with van der Waals surface area (Å²) in [7, 11) is 0. The molecule has 14 heteroatoms. The van der Waals surface area contributed by atoms with Gasteiger partial charge in [0.05, 0.1) is 12.2 Å². The molecule has 4 aromatic carbocycles. The average molecular weight is 724 g/mol. The van der Waals surface area contributed by atoms with Gasteiger partial charge in [-0.1, -0.05) is 75.6 Å². The van der Waals surface area contributed by atoms with Gasteiger partial charge in [0.25, 0.3) is 5.91 Å². The van der Waals surface area contributed by atoms with E-state index in [0.29, 0.717) is 35.5 Å². The first-order valence-corrected chi connectivity index (χ1v) is 15.6. The third-order valence-corrected chi connectivity index (χ3v) is 8.07. The van der Waals surface area contributed by atoms with Crippen LogP contribution in [0.5, 0.6) is 5.75 Å². The summed E-state index contributed by atoms with van der Waals surface area (Å²) in [6.07, 6.45) is -5.09. The van der Waals surface area contributed by atoms with E-state index in [1.54, 1.807) is 48.5 Å². The van der Waals surface area contributed by atoms with E-state index in [4.69, 9.17) is 19.6 Å². The second kappa shape index (κ2) is 15.3. The molecule has 3 N–H and O–H groups in total. The van der Waals surface area contributed by atoms with Crippen LogP contribution in [0.1, 0.15) is 40.3 Å². The van der Waals surface area contributed by atoms with Gasteiger partial charge in [0.2, 0.25) is 5.90 Å². The normalized spacial score (nSPS) is 17.2. The van der Waals surface area contributed by atoms with E-state index in [1.807, 2.05) is 24.3 Å². The van der Waals surface area contributed by atoms with Gasteiger partial charge >= 0.3 is 6.18 Å². The third-order valence-electron chi connectivity index (χ3n) is 7.54. The van der Waals surface area contributed by atoms with Gasteiger partial charge in [0, 0.05) is 52.2 Å². The molecule has 0 saturated carbocycles. The van der Waals surface area contributed by atoms with E-state index in [1.165, 1.54) is 12.1 Å². The number of hydrogen-bond acceptors (Lipinski definition) is 7. The SMILES string of the molecule is [N-]=[N+]=Nc1ccccc1[C@@H]1OC(c2ccc(OCCCO)cc2)=N[C@]1(Cc1ccc(Br)cc1)C(=O)NNCc1cccc(C(F)(F)F)c1. The number of hydrogen-bond donors (Lipinski definition) is 3. The topological polar surface area (TPSA) is 141 Å². The summed E-state index contributed by atoms with van der Waals surface area (Å²) in [5.74, 6) is 0.0774. The Morgan fingerprint density at radius 3 is 2.50 bits per heavy atom. The zero-order chi connectivity index (χ0) is 34.1. The quantitative estimate of drug-likeness (QED) is 0.0431. The summed E-state index contributed by atoms with van der Waals surface area (Å²) in [6, 6.07) is 25.7. The minimum absolute atomic E-state index is 0.00124. The summed E-state index contributed by atoms with van der Waals surface area (Å²) < 4.78 is 52.8. The van der Waals surface area contributed by atoms with Crippen molar-refractivity contribution in [1.29, 1.82) is 0 Å². The number of azide groups is 1. The maximum atomic E-state index is 14.4. The standard InChI is InChI=1S/C34H30BrF3N6O4/c35-26-13-9-22(10-14-26)20-33(32(46)43-40-21-23-5-3-6-25(19-23)34(36,37)38)30(28-7-1-2-8-29(28)42-44-39)48-31(41-33)24-11-15-27(16-12-24)47-18-4-17-45/h1-3,5-16,19,30,40,45H,4,17-18,20-21H2,(H,43,46)/t30-,33-/m0/s1.